The maximum atomic E-state index is 5.84. The molecule has 2 rings (SSSR count). The first-order valence-corrected chi connectivity index (χ1v) is 5.99. The van der Waals surface area contributed by atoms with Crippen LogP contribution in [0.5, 0.6) is 5.75 Å². The number of benzene rings is 1. The second-order valence-corrected chi connectivity index (χ2v) is 4.16. The van der Waals surface area contributed by atoms with Crippen molar-refractivity contribution in [3.8, 4) is 18.1 Å². The van der Waals surface area contributed by atoms with E-state index in [1.807, 2.05) is 24.3 Å². The number of furan rings is 1. The number of rotatable bonds is 5. The summed E-state index contributed by atoms with van der Waals surface area (Å²) in [6.07, 6.45) is 5.94. The molecule has 0 bridgehead atoms. The number of nitrogens with one attached hydrogen (secondary N) is 1. The van der Waals surface area contributed by atoms with E-state index >= 15 is 0 Å². The van der Waals surface area contributed by atoms with E-state index in [1.54, 1.807) is 7.11 Å². The number of terminal acetylenes is 1. The Bertz CT molecular complexity index is 565. The summed E-state index contributed by atoms with van der Waals surface area (Å²) in [6, 6.07) is 8.03. The number of para-hydroxylation sites is 1. The highest BCUT2D eigenvalue weighted by Gasteiger charge is 2.13. The third-order valence-corrected chi connectivity index (χ3v) is 2.89. The standard InChI is InChI=1S/C15H17NO2/c1-4-5-9-16-11(2)14-10-12-7-6-8-13(17-3)15(12)18-14/h1,6-8,10-11,16H,5,9H2,2-3H3. The summed E-state index contributed by atoms with van der Waals surface area (Å²) < 4.78 is 11.1. The van der Waals surface area contributed by atoms with Crippen molar-refractivity contribution in [1.82, 2.24) is 5.32 Å². The van der Waals surface area contributed by atoms with Crippen LogP contribution in [0.25, 0.3) is 11.0 Å². The molecular formula is C15H17NO2. The Hall–Kier alpha value is -1.92. The highest BCUT2D eigenvalue weighted by atomic mass is 16.5. The number of methoxy groups -OCH3 is 1. The van der Waals surface area contributed by atoms with Gasteiger partial charge >= 0.3 is 0 Å². The Morgan fingerprint density at radius 1 is 1.50 bits per heavy atom. The first kappa shape index (κ1) is 12.5. The van der Waals surface area contributed by atoms with Crippen LogP contribution in [-0.2, 0) is 0 Å². The van der Waals surface area contributed by atoms with E-state index in [4.69, 9.17) is 15.6 Å². The van der Waals surface area contributed by atoms with Crippen LogP contribution >= 0.6 is 0 Å². The molecule has 0 fully saturated rings. The highest BCUT2D eigenvalue weighted by molar-refractivity contribution is 5.83. The van der Waals surface area contributed by atoms with Gasteiger partial charge in [-0.1, -0.05) is 12.1 Å². The molecule has 1 heterocycles. The molecule has 0 saturated carbocycles. The van der Waals surface area contributed by atoms with Gasteiger partial charge in [0.15, 0.2) is 11.3 Å². The normalized spacial score (nSPS) is 12.3. The van der Waals surface area contributed by atoms with E-state index in [0.717, 1.165) is 29.0 Å². The molecule has 0 amide bonds. The largest absolute Gasteiger partial charge is 0.493 e. The predicted molar refractivity (Wildman–Crippen MR) is 72.6 cm³/mol. The van der Waals surface area contributed by atoms with E-state index in [0.29, 0.717) is 6.42 Å². The molecule has 0 aliphatic carbocycles. The fourth-order valence-corrected chi connectivity index (χ4v) is 1.89. The summed E-state index contributed by atoms with van der Waals surface area (Å²) in [5.74, 6) is 4.26. The fraction of sp³-hybridized carbons (Fsp3) is 0.333. The van der Waals surface area contributed by atoms with Crippen LogP contribution in [0.3, 0.4) is 0 Å². The molecule has 0 aliphatic heterocycles. The molecule has 1 aromatic carbocycles. The van der Waals surface area contributed by atoms with Gasteiger partial charge in [0, 0.05) is 18.4 Å². The van der Waals surface area contributed by atoms with Gasteiger partial charge in [-0.15, -0.1) is 12.3 Å². The summed E-state index contributed by atoms with van der Waals surface area (Å²) in [5, 5.41) is 4.37. The van der Waals surface area contributed by atoms with Crippen molar-refractivity contribution in [2.75, 3.05) is 13.7 Å². The molecule has 1 N–H and O–H groups in total. The van der Waals surface area contributed by atoms with Gasteiger partial charge in [-0.3, -0.25) is 0 Å². The van der Waals surface area contributed by atoms with Gasteiger partial charge in [-0.05, 0) is 19.1 Å². The van der Waals surface area contributed by atoms with Crippen LogP contribution in [0, 0.1) is 12.3 Å². The van der Waals surface area contributed by atoms with Crippen LogP contribution in [0.1, 0.15) is 25.1 Å². The minimum atomic E-state index is 0.135. The van der Waals surface area contributed by atoms with Gasteiger partial charge in [0.1, 0.15) is 5.76 Å². The van der Waals surface area contributed by atoms with Crippen molar-refractivity contribution in [3.63, 3.8) is 0 Å². The van der Waals surface area contributed by atoms with Crippen LogP contribution in [-0.4, -0.2) is 13.7 Å². The lowest BCUT2D eigenvalue weighted by atomic mass is 10.2. The topological polar surface area (TPSA) is 34.4 Å². The maximum Gasteiger partial charge on any atom is 0.176 e. The second-order valence-electron chi connectivity index (χ2n) is 4.16. The molecule has 1 atom stereocenters. The first-order valence-electron chi connectivity index (χ1n) is 5.99. The highest BCUT2D eigenvalue weighted by Crippen LogP contribution is 2.30. The maximum absolute atomic E-state index is 5.84. The van der Waals surface area contributed by atoms with E-state index < -0.39 is 0 Å². The van der Waals surface area contributed by atoms with Crippen LogP contribution < -0.4 is 10.1 Å². The van der Waals surface area contributed by atoms with Crippen molar-refractivity contribution in [2.24, 2.45) is 0 Å². The second kappa shape index (κ2) is 5.61. The minimum absolute atomic E-state index is 0.135. The molecule has 0 spiro atoms. The molecule has 1 aromatic heterocycles. The molecule has 18 heavy (non-hydrogen) atoms. The summed E-state index contributed by atoms with van der Waals surface area (Å²) in [5.41, 5.74) is 0.792. The number of fused-ring (bicyclic) bond motifs is 1. The van der Waals surface area contributed by atoms with E-state index in [9.17, 15) is 0 Å². The van der Waals surface area contributed by atoms with E-state index in [-0.39, 0.29) is 6.04 Å². The minimum Gasteiger partial charge on any atom is -0.493 e. The van der Waals surface area contributed by atoms with Gasteiger partial charge in [0.2, 0.25) is 0 Å². The summed E-state index contributed by atoms with van der Waals surface area (Å²) in [4.78, 5) is 0. The van der Waals surface area contributed by atoms with Crippen molar-refractivity contribution in [3.05, 3.63) is 30.0 Å². The molecule has 0 radical (unpaired) electrons. The Morgan fingerprint density at radius 3 is 3.06 bits per heavy atom. The van der Waals surface area contributed by atoms with Crippen molar-refractivity contribution in [2.45, 2.75) is 19.4 Å². The third kappa shape index (κ3) is 2.49. The van der Waals surface area contributed by atoms with E-state index in [1.165, 1.54) is 0 Å². The van der Waals surface area contributed by atoms with Gasteiger partial charge in [0.05, 0.1) is 13.2 Å². The lowest BCUT2D eigenvalue weighted by Crippen LogP contribution is -2.18. The Morgan fingerprint density at radius 2 is 2.33 bits per heavy atom. The van der Waals surface area contributed by atoms with Gasteiger partial charge in [0.25, 0.3) is 0 Å². The number of hydrogen-bond acceptors (Lipinski definition) is 3. The lowest BCUT2D eigenvalue weighted by Gasteiger charge is -2.09. The predicted octanol–water partition coefficient (Wildman–Crippen LogP) is 3.12. The van der Waals surface area contributed by atoms with Crippen molar-refractivity contribution < 1.29 is 9.15 Å². The Labute approximate surface area is 107 Å². The molecule has 94 valence electrons. The van der Waals surface area contributed by atoms with Crippen LogP contribution in [0.4, 0.5) is 0 Å². The van der Waals surface area contributed by atoms with Crippen molar-refractivity contribution in [1.29, 1.82) is 0 Å². The number of ether oxygens (including phenoxy) is 1. The smallest absolute Gasteiger partial charge is 0.176 e. The van der Waals surface area contributed by atoms with Crippen LogP contribution in [0.15, 0.2) is 28.7 Å². The van der Waals surface area contributed by atoms with E-state index in [2.05, 4.69) is 18.2 Å². The number of hydrogen-bond donors (Lipinski definition) is 1. The molecule has 1 unspecified atom stereocenters. The fourth-order valence-electron chi connectivity index (χ4n) is 1.89. The summed E-state index contributed by atoms with van der Waals surface area (Å²) in [7, 11) is 1.64. The monoisotopic (exact) mass is 243 g/mol. The molecule has 2 aromatic rings. The zero-order valence-corrected chi connectivity index (χ0v) is 10.7. The average Bonchev–Trinajstić information content (AvgIpc) is 2.82. The average molecular weight is 243 g/mol. The summed E-state index contributed by atoms with van der Waals surface area (Å²) >= 11 is 0. The SMILES string of the molecule is C#CCCNC(C)c1cc2cccc(OC)c2o1. The lowest BCUT2D eigenvalue weighted by molar-refractivity contribution is 0.400. The van der Waals surface area contributed by atoms with Crippen molar-refractivity contribution >= 4 is 11.0 Å². The molecular weight excluding hydrogens is 226 g/mol. The molecule has 3 nitrogen and oxygen atoms in total. The van der Waals surface area contributed by atoms with Gasteiger partial charge < -0.3 is 14.5 Å². The first-order chi connectivity index (χ1) is 8.76. The summed E-state index contributed by atoms with van der Waals surface area (Å²) in [6.45, 7) is 2.84. The molecule has 0 saturated heterocycles. The van der Waals surface area contributed by atoms with Gasteiger partial charge in [-0.2, -0.15) is 0 Å². The zero-order chi connectivity index (χ0) is 13.0. The molecule has 0 aliphatic rings. The third-order valence-electron chi connectivity index (χ3n) is 2.89. The zero-order valence-electron chi connectivity index (χ0n) is 10.7. The quantitative estimate of drug-likeness (QED) is 0.647. The molecule has 3 heteroatoms. The Kier molecular flexibility index (Phi) is 3.91. The van der Waals surface area contributed by atoms with Crippen LogP contribution in [0.2, 0.25) is 0 Å². The Balaban J connectivity index is 2.22. The van der Waals surface area contributed by atoms with Gasteiger partial charge in [-0.25, -0.2) is 0 Å².